The molecule has 2 heterocycles. The molecule has 23 heavy (non-hydrogen) atoms. The summed E-state index contributed by atoms with van der Waals surface area (Å²) in [5.74, 6) is -1.07. The van der Waals surface area contributed by atoms with Crippen molar-refractivity contribution < 1.29 is 22.8 Å². The highest BCUT2D eigenvalue weighted by Gasteiger charge is 2.32. The molecule has 3 aromatic rings. The zero-order valence-electron chi connectivity index (χ0n) is 11.5. The third-order valence-electron chi connectivity index (χ3n) is 3.38. The fourth-order valence-electron chi connectivity index (χ4n) is 2.45. The quantitative estimate of drug-likeness (QED) is 0.298. The van der Waals surface area contributed by atoms with Gasteiger partial charge in [0.1, 0.15) is 5.69 Å². The summed E-state index contributed by atoms with van der Waals surface area (Å²) in [4.78, 5) is 27.6. The lowest BCUT2D eigenvalue weighted by Crippen LogP contribution is -2.22. The molecule has 5 nitrogen and oxygen atoms in total. The van der Waals surface area contributed by atoms with Crippen LogP contribution in [0.4, 0.5) is 18.9 Å². The van der Waals surface area contributed by atoms with E-state index in [1.807, 2.05) is 0 Å². The maximum absolute atomic E-state index is 12.8. The lowest BCUT2D eigenvalue weighted by Gasteiger charge is -2.12. The number of aromatic amines is 2. The number of benzene rings is 1. The van der Waals surface area contributed by atoms with E-state index in [1.54, 1.807) is 30.5 Å². The number of nitrogens with one attached hydrogen (secondary N) is 3. The number of halogens is 3. The Kier molecular flexibility index (Phi) is 3.44. The Morgan fingerprint density at radius 1 is 1.09 bits per heavy atom. The maximum atomic E-state index is 12.8. The molecule has 3 N–H and O–H groups in total. The highest BCUT2D eigenvalue weighted by atomic mass is 19.4. The number of carbonyl (C=O) groups excluding carboxylic acids is 2. The van der Waals surface area contributed by atoms with Crippen LogP contribution in [-0.4, -0.2) is 28.3 Å². The Hall–Kier alpha value is -3.03. The van der Waals surface area contributed by atoms with Crippen LogP contribution in [0.3, 0.4) is 0 Å². The van der Waals surface area contributed by atoms with Crippen molar-refractivity contribution in [2.75, 3.05) is 5.32 Å². The second-order valence-corrected chi connectivity index (χ2v) is 4.81. The van der Waals surface area contributed by atoms with E-state index in [9.17, 15) is 22.8 Å². The van der Waals surface area contributed by atoms with Crippen molar-refractivity contribution in [2.45, 2.75) is 6.30 Å². The van der Waals surface area contributed by atoms with Crippen molar-refractivity contribution in [1.82, 2.24) is 9.97 Å². The summed E-state index contributed by atoms with van der Waals surface area (Å²) in [6, 6.07) is 7.06. The second kappa shape index (κ2) is 5.31. The van der Waals surface area contributed by atoms with Crippen LogP contribution in [0.2, 0.25) is 0 Å². The molecule has 0 saturated carbocycles. The summed E-state index contributed by atoms with van der Waals surface area (Å²) in [6.45, 7) is 0. The highest BCUT2D eigenvalue weighted by Crippen LogP contribution is 2.37. The van der Waals surface area contributed by atoms with Crippen LogP contribution in [-0.2, 0) is 4.79 Å². The normalized spacial score (nSPS) is 11.6. The standard InChI is InChI=1S/C15H10F3N3O2/c16-15(17,18)21-13-10(6-20-14(13)12(23)7-22)9-5-19-11-4-2-1-3-8(9)11/h1-7,19-21H. The molecule has 0 atom stereocenters. The minimum absolute atomic E-state index is 0.0353. The fraction of sp³-hybridized carbons (Fsp3) is 0.0667. The van der Waals surface area contributed by atoms with Crippen LogP contribution in [0, 0.1) is 0 Å². The molecule has 0 bridgehead atoms. The number of alkyl halides is 3. The van der Waals surface area contributed by atoms with Crippen molar-refractivity contribution in [3.63, 3.8) is 0 Å². The van der Waals surface area contributed by atoms with Gasteiger partial charge in [-0.3, -0.25) is 14.9 Å². The van der Waals surface area contributed by atoms with E-state index in [1.165, 1.54) is 11.5 Å². The number of hydrogen-bond acceptors (Lipinski definition) is 3. The Balaban J connectivity index is 2.21. The first kappa shape index (κ1) is 14.9. The first-order valence-corrected chi connectivity index (χ1v) is 6.53. The van der Waals surface area contributed by atoms with Gasteiger partial charge in [-0.25, -0.2) is 0 Å². The molecule has 0 amide bonds. The van der Waals surface area contributed by atoms with E-state index >= 15 is 0 Å². The molecule has 1 aromatic carbocycles. The van der Waals surface area contributed by atoms with E-state index in [2.05, 4.69) is 9.97 Å². The molecular formula is C15H10F3N3O2. The summed E-state index contributed by atoms with van der Waals surface area (Å²) in [5, 5.41) is 2.04. The fourth-order valence-corrected chi connectivity index (χ4v) is 2.45. The van der Waals surface area contributed by atoms with Gasteiger partial charge in [-0.2, -0.15) is 13.2 Å². The number of anilines is 1. The van der Waals surface area contributed by atoms with Gasteiger partial charge in [0.05, 0.1) is 5.69 Å². The third-order valence-corrected chi connectivity index (χ3v) is 3.38. The first-order chi connectivity index (χ1) is 10.9. The number of ketones is 1. The van der Waals surface area contributed by atoms with Crippen molar-refractivity contribution in [3.8, 4) is 11.1 Å². The average molecular weight is 321 g/mol. The van der Waals surface area contributed by atoms with E-state index in [-0.39, 0.29) is 11.8 Å². The molecule has 118 valence electrons. The zero-order chi connectivity index (χ0) is 16.6. The zero-order valence-corrected chi connectivity index (χ0v) is 11.5. The summed E-state index contributed by atoms with van der Waals surface area (Å²) < 4.78 is 38.3. The molecule has 0 radical (unpaired) electrons. The Labute approximate surface area is 127 Å². The summed E-state index contributed by atoms with van der Waals surface area (Å²) >= 11 is 0. The molecule has 2 aromatic heterocycles. The van der Waals surface area contributed by atoms with Crippen molar-refractivity contribution in [3.05, 3.63) is 42.4 Å². The maximum Gasteiger partial charge on any atom is 0.482 e. The summed E-state index contributed by atoms with van der Waals surface area (Å²) in [7, 11) is 0. The first-order valence-electron chi connectivity index (χ1n) is 6.53. The van der Waals surface area contributed by atoms with E-state index < -0.39 is 23.5 Å². The largest absolute Gasteiger partial charge is 0.482 e. The Bertz CT molecular complexity index is 893. The number of H-pyrrole nitrogens is 2. The van der Waals surface area contributed by atoms with Gasteiger partial charge in [0, 0.05) is 34.4 Å². The van der Waals surface area contributed by atoms with Gasteiger partial charge in [0.2, 0.25) is 5.78 Å². The van der Waals surface area contributed by atoms with Crippen LogP contribution in [0.1, 0.15) is 10.5 Å². The molecule has 8 heteroatoms. The van der Waals surface area contributed by atoms with Gasteiger partial charge in [0.25, 0.3) is 0 Å². The molecule has 0 aliphatic carbocycles. The van der Waals surface area contributed by atoms with Crippen LogP contribution in [0.5, 0.6) is 0 Å². The van der Waals surface area contributed by atoms with Crippen LogP contribution >= 0.6 is 0 Å². The minimum atomic E-state index is -4.75. The lowest BCUT2D eigenvalue weighted by molar-refractivity contribution is -0.105. The number of fused-ring (bicyclic) bond motifs is 1. The van der Waals surface area contributed by atoms with Gasteiger partial charge < -0.3 is 9.97 Å². The van der Waals surface area contributed by atoms with Crippen molar-refractivity contribution in [1.29, 1.82) is 0 Å². The van der Waals surface area contributed by atoms with Gasteiger partial charge in [-0.1, -0.05) is 18.2 Å². The molecule has 3 rings (SSSR count). The molecule has 0 saturated heterocycles. The topological polar surface area (TPSA) is 77.8 Å². The molecule has 0 fully saturated rings. The van der Waals surface area contributed by atoms with Gasteiger partial charge in [-0.15, -0.1) is 0 Å². The SMILES string of the molecule is O=CC(=O)c1[nH]cc(-c2c[nH]c3ccccc23)c1NC(F)(F)F. The number of hydrogen-bond donors (Lipinski definition) is 3. The number of Topliss-reactive ketones (excluding diaryl/α,β-unsaturated/α-hetero) is 1. The lowest BCUT2D eigenvalue weighted by atomic mass is 10.1. The van der Waals surface area contributed by atoms with Gasteiger partial charge in [0.15, 0.2) is 6.29 Å². The molecule has 0 unspecified atom stereocenters. The van der Waals surface area contributed by atoms with E-state index in [4.69, 9.17) is 0 Å². The molecule has 0 aliphatic rings. The van der Waals surface area contributed by atoms with Gasteiger partial charge in [-0.05, 0) is 6.07 Å². The number of rotatable bonds is 4. The monoisotopic (exact) mass is 321 g/mol. The smallest absolute Gasteiger partial charge is 0.361 e. The summed E-state index contributed by atoms with van der Waals surface area (Å²) in [5.41, 5.74) is 0.459. The van der Waals surface area contributed by atoms with Gasteiger partial charge >= 0.3 is 6.30 Å². The average Bonchev–Trinajstić information content (AvgIpc) is 3.08. The third kappa shape index (κ3) is 2.70. The van der Waals surface area contributed by atoms with Crippen molar-refractivity contribution in [2.24, 2.45) is 0 Å². The van der Waals surface area contributed by atoms with E-state index in [0.717, 1.165) is 5.52 Å². The number of aldehydes is 1. The minimum Gasteiger partial charge on any atom is -0.361 e. The van der Waals surface area contributed by atoms with Crippen LogP contribution in [0.25, 0.3) is 22.0 Å². The number of carbonyl (C=O) groups is 2. The van der Waals surface area contributed by atoms with Crippen LogP contribution < -0.4 is 5.32 Å². The predicted octanol–water partition coefficient (Wildman–Crippen LogP) is 3.48. The predicted molar refractivity (Wildman–Crippen MR) is 78.2 cm³/mol. The number of para-hydroxylation sites is 1. The molecular weight excluding hydrogens is 311 g/mol. The highest BCUT2D eigenvalue weighted by molar-refractivity contribution is 6.34. The molecule has 0 aliphatic heterocycles. The van der Waals surface area contributed by atoms with Crippen LogP contribution in [0.15, 0.2) is 36.7 Å². The second-order valence-electron chi connectivity index (χ2n) is 4.81. The number of aromatic nitrogens is 2. The Morgan fingerprint density at radius 2 is 1.78 bits per heavy atom. The van der Waals surface area contributed by atoms with E-state index in [0.29, 0.717) is 10.9 Å². The molecule has 0 spiro atoms. The van der Waals surface area contributed by atoms with Crippen molar-refractivity contribution >= 4 is 28.7 Å². The Morgan fingerprint density at radius 3 is 2.48 bits per heavy atom. The summed E-state index contributed by atoms with van der Waals surface area (Å²) in [6.07, 6.45) is -1.97.